The summed E-state index contributed by atoms with van der Waals surface area (Å²) >= 11 is 0. The van der Waals surface area contributed by atoms with Crippen molar-refractivity contribution in [2.24, 2.45) is 50.7 Å². The minimum Gasteiger partial charge on any atom is -0.390 e. The van der Waals surface area contributed by atoms with Gasteiger partial charge in [-0.1, -0.05) is 54.5 Å². The maximum absolute atomic E-state index is 14.2. The van der Waals surface area contributed by atoms with Gasteiger partial charge in [0.25, 0.3) is 0 Å². The zero-order valence-electron chi connectivity index (χ0n) is 22.3. The van der Waals surface area contributed by atoms with Gasteiger partial charge in [0.05, 0.1) is 11.2 Å². The summed E-state index contributed by atoms with van der Waals surface area (Å²) in [5, 5.41) is 21.6. The van der Waals surface area contributed by atoms with E-state index in [4.69, 9.17) is 0 Å². The van der Waals surface area contributed by atoms with Crippen LogP contribution in [0, 0.1) is 62.1 Å². The molecule has 5 aliphatic carbocycles. The molecule has 0 heterocycles. The summed E-state index contributed by atoms with van der Waals surface area (Å²) in [5.74, 6) is 0.426. The summed E-state index contributed by atoms with van der Waals surface area (Å²) in [5.41, 5.74) is -1.51. The van der Waals surface area contributed by atoms with Crippen molar-refractivity contribution in [3.05, 3.63) is 11.6 Å². The zero-order valence-corrected chi connectivity index (χ0v) is 22.3. The highest BCUT2D eigenvalue weighted by Crippen LogP contribution is 2.74. The molecule has 4 nitrogen and oxygen atoms in total. The second-order valence-corrected chi connectivity index (χ2v) is 14.8. The summed E-state index contributed by atoms with van der Waals surface area (Å²) in [6.45, 7) is 15.6. The van der Waals surface area contributed by atoms with Crippen molar-refractivity contribution in [3.63, 3.8) is 0 Å². The molecule has 0 bridgehead atoms. The molecule has 4 saturated carbocycles. The molecule has 186 valence electrons. The van der Waals surface area contributed by atoms with E-state index in [2.05, 4.69) is 40.7 Å². The predicted octanol–water partition coefficient (Wildman–Crippen LogP) is 6.03. The second kappa shape index (κ2) is 6.84. The van der Waals surface area contributed by atoms with Crippen LogP contribution in [-0.4, -0.2) is 22.3 Å². The molecule has 5 rings (SSSR count). The van der Waals surface area contributed by atoms with Crippen molar-refractivity contribution >= 4 is 11.6 Å². The zero-order chi connectivity index (χ0) is 25.1. The van der Waals surface area contributed by atoms with E-state index in [0.29, 0.717) is 12.2 Å². The Balaban J connectivity index is 1.63. The van der Waals surface area contributed by atoms with Gasteiger partial charge >= 0.3 is 0 Å². The fraction of sp³-hybridized carbons (Fsp3) is 0.833. The number of hydrogen-bond acceptors (Lipinski definition) is 4. The van der Waals surface area contributed by atoms with Crippen LogP contribution in [0.2, 0.25) is 0 Å². The molecule has 0 spiro atoms. The Bertz CT molecular complexity index is 1030. The van der Waals surface area contributed by atoms with Gasteiger partial charge in [-0.25, -0.2) is 0 Å². The maximum atomic E-state index is 14.2. The van der Waals surface area contributed by atoms with E-state index >= 15 is 0 Å². The lowest BCUT2D eigenvalue weighted by Gasteiger charge is -2.71. The quantitative estimate of drug-likeness (QED) is 0.474. The number of allylic oxidation sites excluding steroid dienone is 2. The fourth-order valence-electron chi connectivity index (χ4n) is 10.3. The molecule has 4 fully saturated rings. The number of Topliss-reactive ketones (excluding diaryl/α,β-unsaturated/α-hetero) is 2. The van der Waals surface area contributed by atoms with E-state index in [9.17, 15) is 20.0 Å². The highest BCUT2D eigenvalue weighted by Gasteiger charge is 2.72. The molecule has 34 heavy (non-hydrogen) atoms. The summed E-state index contributed by atoms with van der Waals surface area (Å²) < 4.78 is 0. The van der Waals surface area contributed by atoms with Crippen molar-refractivity contribution in [2.75, 3.05) is 0 Å². The molecule has 0 radical (unpaired) electrons. The minimum atomic E-state index is -0.715. The summed E-state index contributed by atoms with van der Waals surface area (Å²) in [6.07, 6.45) is 8.78. The molecule has 1 N–H and O–H groups in total. The van der Waals surface area contributed by atoms with Crippen LogP contribution in [0.15, 0.2) is 11.6 Å². The molecule has 5 aliphatic rings. The van der Waals surface area contributed by atoms with Crippen molar-refractivity contribution in [2.45, 2.75) is 105 Å². The first-order valence-electron chi connectivity index (χ1n) is 13.5. The normalized spacial score (nSPS) is 51.2. The number of rotatable bonds is 0. The number of hydrogen-bond donors (Lipinski definition) is 1. The van der Waals surface area contributed by atoms with Gasteiger partial charge in [-0.2, -0.15) is 5.26 Å². The van der Waals surface area contributed by atoms with E-state index in [1.807, 2.05) is 19.9 Å². The van der Waals surface area contributed by atoms with Crippen LogP contribution in [0.1, 0.15) is 99.8 Å². The Morgan fingerprint density at radius 1 is 0.912 bits per heavy atom. The van der Waals surface area contributed by atoms with Gasteiger partial charge in [-0.15, -0.1) is 0 Å². The van der Waals surface area contributed by atoms with Crippen molar-refractivity contribution in [1.29, 1.82) is 5.26 Å². The van der Waals surface area contributed by atoms with Crippen LogP contribution >= 0.6 is 0 Å². The lowest BCUT2D eigenvalue weighted by Crippen LogP contribution is -2.69. The van der Waals surface area contributed by atoms with Gasteiger partial charge < -0.3 is 5.11 Å². The van der Waals surface area contributed by atoms with Crippen molar-refractivity contribution in [1.82, 2.24) is 0 Å². The van der Waals surface area contributed by atoms with E-state index in [0.717, 1.165) is 44.9 Å². The summed E-state index contributed by atoms with van der Waals surface area (Å²) in [4.78, 5) is 27.3. The van der Waals surface area contributed by atoms with E-state index in [1.54, 1.807) is 0 Å². The molecule has 8 atom stereocenters. The average Bonchev–Trinajstić information content (AvgIpc) is 2.74. The highest BCUT2D eigenvalue weighted by molar-refractivity contribution is 6.04. The minimum absolute atomic E-state index is 0.0281. The number of carbonyl (C=O) groups is 2. The lowest BCUT2D eigenvalue weighted by atomic mass is 9.32. The van der Waals surface area contributed by atoms with E-state index < -0.39 is 11.0 Å². The topological polar surface area (TPSA) is 78.2 Å². The van der Waals surface area contributed by atoms with Gasteiger partial charge in [0.2, 0.25) is 0 Å². The third-order valence-electron chi connectivity index (χ3n) is 12.4. The number of ketones is 2. The van der Waals surface area contributed by atoms with Gasteiger partial charge in [0.15, 0.2) is 5.78 Å². The number of nitrogens with zero attached hydrogens (tertiary/aromatic N) is 1. The standard InChI is InChI=1S/C30H43NO3/c1-25(2)10-12-30(34)13-11-29(7)23(19(30)16-25)20(32)14-22-27(5)15-18(17-31)24(33)26(3,4)21(27)8-9-28(22,29)6/h15,19,21-23,34H,8-14,16H2,1-7H3. The van der Waals surface area contributed by atoms with Crippen molar-refractivity contribution in [3.8, 4) is 6.07 Å². The molecule has 0 aromatic carbocycles. The highest BCUT2D eigenvalue weighted by atomic mass is 16.3. The number of aliphatic hydroxyl groups is 1. The first-order chi connectivity index (χ1) is 15.6. The summed E-state index contributed by atoms with van der Waals surface area (Å²) in [6, 6.07) is 2.20. The third-order valence-corrected chi connectivity index (χ3v) is 12.4. The second-order valence-electron chi connectivity index (χ2n) is 14.8. The Labute approximate surface area is 205 Å². The predicted molar refractivity (Wildman–Crippen MR) is 131 cm³/mol. The molecule has 4 heteroatoms. The Hall–Kier alpha value is -1.47. The first-order valence-corrected chi connectivity index (χ1v) is 13.5. The molecule has 0 amide bonds. The maximum Gasteiger partial charge on any atom is 0.178 e. The first kappa shape index (κ1) is 24.2. The van der Waals surface area contributed by atoms with E-state index in [-0.39, 0.29) is 56.7 Å². The molecule has 0 aromatic heterocycles. The van der Waals surface area contributed by atoms with Gasteiger partial charge in [-0.05, 0) is 84.4 Å². The number of carbonyl (C=O) groups excluding carboxylic acids is 2. The monoisotopic (exact) mass is 465 g/mol. The Morgan fingerprint density at radius 2 is 1.56 bits per heavy atom. The average molecular weight is 466 g/mol. The molecule has 8 unspecified atom stereocenters. The van der Waals surface area contributed by atoms with Gasteiger partial charge in [0, 0.05) is 17.8 Å². The molecule has 0 saturated heterocycles. The van der Waals surface area contributed by atoms with Crippen LogP contribution < -0.4 is 0 Å². The summed E-state index contributed by atoms with van der Waals surface area (Å²) in [7, 11) is 0. The number of nitriles is 1. The molecular weight excluding hydrogens is 422 g/mol. The largest absolute Gasteiger partial charge is 0.390 e. The van der Waals surface area contributed by atoms with Gasteiger partial charge in [0.1, 0.15) is 11.9 Å². The van der Waals surface area contributed by atoms with E-state index in [1.165, 1.54) is 0 Å². The van der Waals surface area contributed by atoms with Crippen LogP contribution in [0.5, 0.6) is 0 Å². The third kappa shape index (κ3) is 2.80. The fourth-order valence-corrected chi connectivity index (χ4v) is 10.3. The molecule has 0 aliphatic heterocycles. The van der Waals surface area contributed by atoms with Crippen LogP contribution in [-0.2, 0) is 9.59 Å². The van der Waals surface area contributed by atoms with Crippen LogP contribution in [0.25, 0.3) is 0 Å². The molecule has 0 aromatic rings. The van der Waals surface area contributed by atoms with Crippen molar-refractivity contribution < 1.29 is 14.7 Å². The lowest BCUT2D eigenvalue weighted by molar-refractivity contribution is -0.236. The Morgan fingerprint density at radius 3 is 2.21 bits per heavy atom. The molecular formula is C30H43NO3. The van der Waals surface area contributed by atoms with Crippen LogP contribution in [0.3, 0.4) is 0 Å². The van der Waals surface area contributed by atoms with Crippen LogP contribution in [0.4, 0.5) is 0 Å². The van der Waals surface area contributed by atoms with Gasteiger partial charge in [-0.3, -0.25) is 9.59 Å². The SMILES string of the molecule is CC1(C)CCC2(O)CCC3(C)C(C(=O)CC4C5(C)C=C(C#N)C(=O)C(C)(C)C5CCC43C)C2C1. The number of fused-ring (bicyclic) bond motifs is 7. The smallest absolute Gasteiger partial charge is 0.178 e. The Kier molecular flexibility index (Phi) is 4.88.